The average molecular weight is 334 g/mol. The molecule has 0 spiro atoms. The SMILES string of the molecule is CSCc1nc2ccccc2n1CC(=O)NCC1CNCC1O. The fraction of sp³-hybridized carbons (Fsp3) is 0.500. The fourth-order valence-electron chi connectivity index (χ4n) is 2.91. The van der Waals surface area contributed by atoms with Crippen LogP contribution in [-0.2, 0) is 17.1 Å². The first-order valence-electron chi connectivity index (χ1n) is 7.77. The van der Waals surface area contributed by atoms with Gasteiger partial charge in [-0.3, -0.25) is 4.79 Å². The van der Waals surface area contributed by atoms with Crippen molar-refractivity contribution in [3.8, 4) is 0 Å². The number of thioether (sulfide) groups is 1. The zero-order valence-corrected chi connectivity index (χ0v) is 14.0. The number of carbonyl (C=O) groups is 1. The maximum Gasteiger partial charge on any atom is 0.240 e. The van der Waals surface area contributed by atoms with E-state index in [0.29, 0.717) is 13.1 Å². The highest BCUT2D eigenvalue weighted by molar-refractivity contribution is 7.97. The topological polar surface area (TPSA) is 79.2 Å². The van der Waals surface area contributed by atoms with E-state index in [2.05, 4.69) is 15.6 Å². The van der Waals surface area contributed by atoms with Crippen LogP contribution in [0.4, 0.5) is 0 Å². The van der Waals surface area contributed by atoms with E-state index in [9.17, 15) is 9.90 Å². The minimum Gasteiger partial charge on any atom is -0.391 e. The van der Waals surface area contributed by atoms with Gasteiger partial charge in [-0.2, -0.15) is 11.8 Å². The normalized spacial score (nSPS) is 21.0. The Kier molecular flexibility index (Phi) is 5.20. The van der Waals surface area contributed by atoms with Crippen LogP contribution in [0, 0.1) is 5.92 Å². The molecule has 7 heteroatoms. The van der Waals surface area contributed by atoms with Crippen molar-refractivity contribution < 1.29 is 9.90 Å². The number of para-hydroxylation sites is 2. The number of nitrogens with zero attached hydrogens (tertiary/aromatic N) is 2. The molecule has 3 N–H and O–H groups in total. The average Bonchev–Trinajstić information content (AvgIpc) is 3.10. The van der Waals surface area contributed by atoms with Gasteiger partial charge in [-0.25, -0.2) is 4.98 Å². The lowest BCUT2D eigenvalue weighted by Gasteiger charge is -2.15. The van der Waals surface area contributed by atoms with E-state index in [1.54, 1.807) is 11.8 Å². The number of amides is 1. The number of fused-ring (bicyclic) bond motifs is 1. The Morgan fingerprint density at radius 1 is 1.48 bits per heavy atom. The summed E-state index contributed by atoms with van der Waals surface area (Å²) < 4.78 is 1.98. The molecular weight excluding hydrogens is 312 g/mol. The van der Waals surface area contributed by atoms with Crippen molar-refractivity contribution >= 4 is 28.7 Å². The van der Waals surface area contributed by atoms with E-state index in [-0.39, 0.29) is 24.5 Å². The Bertz CT molecular complexity index is 688. The molecule has 1 fully saturated rings. The van der Waals surface area contributed by atoms with E-state index in [1.165, 1.54) is 0 Å². The molecule has 6 nitrogen and oxygen atoms in total. The zero-order valence-electron chi connectivity index (χ0n) is 13.2. The van der Waals surface area contributed by atoms with Gasteiger partial charge in [0.2, 0.25) is 5.91 Å². The van der Waals surface area contributed by atoms with Gasteiger partial charge in [-0.1, -0.05) is 12.1 Å². The molecule has 1 saturated heterocycles. The first kappa shape index (κ1) is 16.3. The third-order valence-electron chi connectivity index (χ3n) is 4.17. The van der Waals surface area contributed by atoms with Gasteiger partial charge < -0.3 is 20.3 Å². The molecule has 2 atom stereocenters. The number of carbonyl (C=O) groups excluding carboxylic acids is 1. The minimum absolute atomic E-state index is 0.0467. The van der Waals surface area contributed by atoms with Gasteiger partial charge in [0.25, 0.3) is 0 Å². The Morgan fingerprint density at radius 3 is 3.04 bits per heavy atom. The van der Waals surface area contributed by atoms with Crippen LogP contribution in [0.3, 0.4) is 0 Å². The summed E-state index contributed by atoms with van der Waals surface area (Å²) in [5.74, 6) is 1.72. The monoisotopic (exact) mass is 334 g/mol. The first-order chi connectivity index (χ1) is 11.2. The fourth-order valence-corrected chi connectivity index (χ4v) is 3.39. The summed E-state index contributed by atoms with van der Waals surface area (Å²) in [7, 11) is 0. The summed E-state index contributed by atoms with van der Waals surface area (Å²) in [6, 6.07) is 7.87. The van der Waals surface area contributed by atoms with Crippen molar-refractivity contribution in [3.05, 3.63) is 30.1 Å². The maximum atomic E-state index is 12.3. The maximum absolute atomic E-state index is 12.3. The van der Waals surface area contributed by atoms with Crippen LogP contribution < -0.4 is 10.6 Å². The van der Waals surface area contributed by atoms with Crippen LogP contribution in [0.25, 0.3) is 11.0 Å². The van der Waals surface area contributed by atoms with Crippen molar-refractivity contribution in [2.75, 3.05) is 25.9 Å². The van der Waals surface area contributed by atoms with Crippen LogP contribution in [0.15, 0.2) is 24.3 Å². The number of aromatic nitrogens is 2. The van der Waals surface area contributed by atoms with Gasteiger partial charge in [0.1, 0.15) is 12.4 Å². The Hall–Kier alpha value is -1.57. The molecule has 2 unspecified atom stereocenters. The number of hydrogen-bond donors (Lipinski definition) is 3. The summed E-state index contributed by atoms with van der Waals surface area (Å²) in [4.78, 5) is 16.9. The molecule has 0 saturated carbocycles. The smallest absolute Gasteiger partial charge is 0.240 e. The van der Waals surface area contributed by atoms with Crippen LogP contribution in [-0.4, -0.2) is 52.6 Å². The van der Waals surface area contributed by atoms with E-state index >= 15 is 0 Å². The van der Waals surface area contributed by atoms with Gasteiger partial charge >= 0.3 is 0 Å². The summed E-state index contributed by atoms with van der Waals surface area (Å²) >= 11 is 1.69. The summed E-state index contributed by atoms with van der Waals surface area (Å²) in [5, 5.41) is 15.8. The molecule has 0 radical (unpaired) electrons. The highest BCUT2D eigenvalue weighted by Gasteiger charge is 2.25. The molecule has 1 aliphatic rings. The van der Waals surface area contributed by atoms with Crippen LogP contribution in [0.1, 0.15) is 5.82 Å². The number of aliphatic hydroxyl groups is 1. The largest absolute Gasteiger partial charge is 0.391 e. The van der Waals surface area contributed by atoms with Gasteiger partial charge in [0.15, 0.2) is 0 Å². The molecular formula is C16H22N4O2S. The summed E-state index contributed by atoms with van der Waals surface area (Å²) in [6.07, 6.45) is 1.65. The van der Waals surface area contributed by atoms with Crippen LogP contribution in [0.2, 0.25) is 0 Å². The highest BCUT2D eigenvalue weighted by atomic mass is 32.2. The molecule has 2 heterocycles. The van der Waals surface area contributed by atoms with Crippen molar-refractivity contribution in [3.63, 3.8) is 0 Å². The van der Waals surface area contributed by atoms with Crippen molar-refractivity contribution in [1.82, 2.24) is 20.2 Å². The van der Waals surface area contributed by atoms with Crippen LogP contribution in [0.5, 0.6) is 0 Å². The number of rotatable bonds is 6. The first-order valence-corrected chi connectivity index (χ1v) is 9.17. The van der Waals surface area contributed by atoms with Crippen molar-refractivity contribution in [1.29, 1.82) is 0 Å². The predicted molar refractivity (Wildman–Crippen MR) is 92.3 cm³/mol. The number of β-amino-alcohol motifs (C(OH)–C–C–N with tert-alkyl or cyclic N) is 1. The number of hydrogen-bond acceptors (Lipinski definition) is 5. The number of imidazole rings is 1. The standard InChI is InChI=1S/C16H22N4O2S/c1-23-10-15-19-12-4-2-3-5-13(12)20(15)9-16(22)18-7-11-6-17-8-14(11)21/h2-5,11,14,17,21H,6-10H2,1H3,(H,18,22). The molecule has 1 aromatic carbocycles. The lowest BCUT2D eigenvalue weighted by Crippen LogP contribution is -2.36. The lowest BCUT2D eigenvalue weighted by atomic mass is 10.1. The molecule has 23 heavy (non-hydrogen) atoms. The van der Waals surface area contributed by atoms with E-state index in [0.717, 1.165) is 29.2 Å². The number of benzene rings is 1. The minimum atomic E-state index is -0.378. The second-order valence-corrected chi connectivity index (χ2v) is 6.69. The molecule has 0 aliphatic carbocycles. The lowest BCUT2D eigenvalue weighted by molar-refractivity contribution is -0.121. The second-order valence-electron chi connectivity index (χ2n) is 5.83. The molecule has 3 rings (SSSR count). The third-order valence-corrected chi connectivity index (χ3v) is 4.72. The third kappa shape index (κ3) is 3.68. The van der Waals surface area contributed by atoms with Gasteiger partial charge in [0.05, 0.1) is 22.9 Å². The molecule has 1 aliphatic heterocycles. The highest BCUT2D eigenvalue weighted by Crippen LogP contribution is 2.18. The van der Waals surface area contributed by atoms with Gasteiger partial charge in [-0.05, 0) is 18.4 Å². The molecule has 2 aromatic rings. The van der Waals surface area contributed by atoms with Gasteiger partial charge in [0, 0.05) is 25.6 Å². The second kappa shape index (κ2) is 7.33. The Balaban J connectivity index is 1.69. The number of nitrogens with one attached hydrogen (secondary N) is 2. The quantitative estimate of drug-likeness (QED) is 0.721. The molecule has 124 valence electrons. The summed E-state index contributed by atoms with van der Waals surface area (Å²) in [6.45, 7) is 2.10. The van der Waals surface area contributed by atoms with Crippen LogP contribution >= 0.6 is 11.8 Å². The molecule has 1 amide bonds. The van der Waals surface area contributed by atoms with E-state index < -0.39 is 0 Å². The van der Waals surface area contributed by atoms with Crippen molar-refractivity contribution in [2.24, 2.45) is 5.92 Å². The predicted octanol–water partition coefficient (Wildman–Crippen LogP) is 0.596. The Morgan fingerprint density at radius 2 is 2.30 bits per heavy atom. The summed E-state index contributed by atoms with van der Waals surface area (Å²) in [5.41, 5.74) is 1.90. The van der Waals surface area contributed by atoms with Gasteiger partial charge in [-0.15, -0.1) is 0 Å². The number of aliphatic hydroxyl groups excluding tert-OH is 1. The van der Waals surface area contributed by atoms with E-state index in [1.807, 2.05) is 35.1 Å². The van der Waals surface area contributed by atoms with E-state index in [4.69, 9.17) is 0 Å². The van der Waals surface area contributed by atoms with Crippen molar-refractivity contribution in [2.45, 2.75) is 18.4 Å². The Labute approximate surface area is 139 Å². The molecule has 0 bridgehead atoms. The zero-order chi connectivity index (χ0) is 16.2. The molecule has 1 aromatic heterocycles.